The molecule has 2 amide bonds. The van der Waals surface area contributed by atoms with Gasteiger partial charge in [-0.1, -0.05) is 42.5 Å². The van der Waals surface area contributed by atoms with Crippen LogP contribution in [0.15, 0.2) is 54.6 Å². The fourth-order valence-corrected chi connectivity index (χ4v) is 2.68. The maximum atomic E-state index is 12.0. The molecule has 2 rings (SSSR count). The zero-order valence-corrected chi connectivity index (χ0v) is 16.6. The first-order valence-corrected chi connectivity index (χ1v) is 9.42. The minimum Gasteiger partial charge on any atom is -0.495 e. The number of carbonyl (C=O) groups is 3. The van der Waals surface area contributed by atoms with Crippen LogP contribution >= 0.6 is 0 Å². The third-order valence-corrected chi connectivity index (χ3v) is 4.21. The van der Waals surface area contributed by atoms with Crippen LogP contribution in [-0.4, -0.2) is 31.5 Å². The molecule has 7 heteroatoms. The average molecular weight is 398 g/mol. The van der Waals surface area contributed by atoms with Crippen molar-refractivity contribution in [2.75, 3.05) is 19.0 Å². The molecular formula is C22H26N2O5. The second-order valence-electron chi connectivity index (χ2n) is 6.46. The van der Waals surface area contributed by atoms with Crippen LogP contribution in [0.25, 0.3) is 0 Å². The van der Waals surface area contributed by atoms with Gasteiger partial charge in [0.15, 0.2) is 6.61 Å². The fourth-order valence-electron chi connectivity index (χ4n) is 2.68. The highest BCUT2D eigenvalue weighted by Gasteiger charge is 2.13. The van der Waals surface area contributed by atoms with Crippen molar-refractivity contribution in [2.24, 2.45) is 0 Å². The highest BCUT2D eigenvalue weighted by molar-refractivity contribution is 5.92. The van der Waals surface area contributed by atoms with Crippen LogP contribution in [0.3, 0.4) is 0 Å². The zero-order valence-electron chi connectivity index (χ0n) is 16.6. The Labute approximate surface area is 170 Å². The summed E-state index contributed by atoms with van der Waals surface area (Å²) in [6.07, 6.45) is 0.535. The van der Waals surface area contributed by atoms with Crippen molar-refractivity contribution in [1.82, 2.24) is 5.32 Å². The molecule has 0 aliphatic carbocycles. The summed E-state index contributed by atoms with van der Waals surface area (Å²) in [5.74, 6) is -0.547. The lowest BCUT2D eigenvalue weighted by atomic mass is 10.1. The van der Waals surface area contributed by atoms with E-state index in [1.165, 1.54) is 7.11 Å². The monoisotopic (exact) mass is 398 g/mol. The lowest BCUT2D eigenvalue weighted by Crippen LogP contribution is -2.31. The maximum Gasteiger partial charge on any atom is 0.306 e. The predicted octanol–water partition coefficient (Wildman–Crippen LogP) is 3.22. The Morgan fingerprint density at radius 3 is 2.34 bits per heavy atom. The molecule has 0 unspecified atom stereocenters. The molecular weight excluding hydrogens is 372 g/mol. The van der Waals surface area contributed by atoms with E-state index in [4.69, 9.17) is 9.47 Å². The summed E-state index contributed by atoms with van der Waals surface area (Å²) >= 11 is 0. The van der Waals surface area contributed by atoms with E-state index >= 15 is 0 Å². The smallest absolute Gasteiger partial charge is 0.306 e. The van der Waals surface area contributed by atoms with Crippen molar-refractivity contribution in [2.45, 2.75) is 32.2 Å². The molecule has 0 saturated carbocycles. The largest absolute Gasteiger partial charge is 0.495 e. The van der Waals surface area contributed by atoms with Gasteiger partial charge in [0.2, 0.25) is 5.91 Å². The highest BCUT2D eigenvalue weighted by Crippen LogP contribution is 2.23. The summed E-state index contributed by atoms with van der Waals surface area (Å²) in [7, 11) is 1.53. The number of carbonyl (C=O) groups excluding carboxylic acids is 3. The van der Waals surface area contributed by atoms with Gasteiger partial charge < -0.3 is 20.1 Å². The summed E-state index contributed by atoms with van der Waals surface area (Å²) in [6, 6.07) is 16.4. The first-order chi connectivity index (χ1) is 14.0. The predicted molar refractivity (Wildman–Crippen MR) is 109 cm³/mol. The SMILES string of the molecule is COc1ccccc1NC(=O)CCCC(=O)OCC(=O)N[C@@H](C)c1ccccc1. The number of amides is 2. The molecule has 0 aliphatic heterocycles. The summed E-state index contributed by atoms with van der Waals surface area (Å²) in [5.41, 5.74) is 1.54. The number of esters is 1. The van der Waals surface area contributed by atoms with Crippen LogP contribution in [-0.2, 0) is 19.1 Å². The molecule has 2 N–H and O–H groups in total. The second kappa shape index (κ2) is 11.5. The Hall–Kier alpha value is -3.35. The van der Waals surface area contributed by atoms with E-state index in [2.05, 4.69) is 10.6 Å². The molecule has 0 fully saturated rings. The van der Waals surface area contributed by atoms with Crippen molar-refractivity contribution < 1.29 is 23.9 Å². The molecule has 1 atom stereocenters. The Morgan fingerprint density at radius 2 is 1.62 bits per heavy atom. The third kappa shape index (κ3) is 7.65. The molecule has 0 heterocycles. The van der Waals surface area contributed by atoms with Gasteiger partial charge >= 0.3 is 5.97 Å². The molecule has 0 spiro atoms. The molecule has 2 aromatic carbocycles. The Balaban J connectivity index is 1.64. The Kier molecular flexibility index (Phi) is 8.69. The number of rotatable bonds is 10. The number of methoxy groups -OCH3 is 1. The van der Waals surface area contributed by atoms with Crippen molar-refractivity contribution in [3.8, 4) is 5.75 Å². The number of ether oxygens (including phenoxy) is 2. The molecule has 0 radical (unpaired) electrons. The van der Waals surface area contributed by atoms with Crippen LogP contribution in [0.1, 0.15) is 37.8 Å². The van der Waals surface area contributed by atoms with Crippen LogP contribution in [0.2, 0.25) is 0 Å². The fraction of sp³-hybridized carbons (Fsp3) is 0.318. The van der Waals surface area contributed by atoms with Crippen molar-refractivity contribution in [3.05, 3.63) is 60.2 Å². The number of hydrogen-bond donors (Lipinski definition) is 2. The molecule has 154 valence electrons. The van der Waals surface area contributed by atoms with Gasteiger partial charge in [-0.15, -0.1) is 0 Å². The molecule has 2 aromatic rings. The van der Waals surface area contributed by atoms with Crippen molar-refractivity contribution in [3.63, 3.8) is 0 Å². The molecule has 0 aromatic heterocycles. The van der Waals surface area contributed by atoms with Gasteiger partial charge in [0.05, 0.1) is 18.8 Å². The zero-order chi connectivity index (χ0) is 21.1. The maximum absolute atomic E-state index is 12.0. The Morgan fingerprint density at radius 1 is 0.931 bits per heavy atom. The van der Waals surface area contributed by atoms with E-state index in [-0.39, 0.29) is 37.3 Å². The van der Waals surface area contributed by atoms with E-state index in [1.54, 1.807) is 24.3 Å². The molecule has 0 bridgehead atoms. The van der Waals surface area contributed by atoms with Gasteiger partial charge in [-0.3, -0.25) is 14.4 Å². The van der Waals surface area contributed by atoms with Crippen LogP contribution in [0.4, 0.5) is 5.69 Å². The second-order valence-corrected chi connectivity index (χ2v) is 6.46. The topological polar surface area (TPSA) is 93.7 Å². The first-order valence-electron chi connectivity index (χ1n) is 9.42. The number of para-hydroxylation sites is 2. The van der Waals surface area contributed by atoms with Crippen molar-refractivity contribution in [1.29, 1.82) is 0 Å². The first kappa shape index (κ1) is 21.9. The number of anilines is 1. The number of nitrogens with one attached hydrogen (secondary N) is 2. The summed E-state index contributed by atoms with van der Waals surface area (Å²) in [5, 5.41) is 5.51. The van der Waals surface area contributed by atoms with E-state index in [1.807, 2.05) is 37.3 Å². The van der Waals surface area contributed by atoms with Gasteiger partial charge in [0.1, 0.15) is 5.75 Å². The van der Waals surface area contributed by atoms with Gasteiger partial charge in [-0.25, -0.2) is 0 Å². The Bertz CT molecular complexity index is 823. The molecule has 29 heavy (non-hydrogen) atoms. The molecule has 0 saturated heterocycles. The van der Waals surface area contributed by atoms with Gasteiger partial charge in [-0.05, 0) is 31.0 Å². The third-order valence-electron chi connectivity index (χ3n) is 4.21. The van der Waals surface area contributed by atoms with E-state index in [0.29, 0.717) is 17.9 Å². The van der Waals surface area contributed by atoms with E-state index in [9.17, 15) is 14.4 Å². The van der Waals surface area contributed by atoms with Crippen LogP contribution in [0.5, 0.6) is 5.75 Å². The minimum atomic E-state index is -0.516. The summed E-state index contributed by atoms with van der Waals surface area (Å²) in [4.78, 5) is 35.7. The van der Waals surface area contributed by atoms with Crippen molar-refractivity contribution >= 4 is 23.5 Å². The number of hydrogen-bond acceptors (Lipinski definition) is 5. The van der Waals surface area contributed by atoms with E-state index in [0.717, 1.165) is 5.56 Å². The standard InChI is InChI=1S/C22H26N2O5/c1-16(17-9-4-3-5-10-17)23-21(26)15-29-22(27)14-8-13-20(25)24-18-11-6-7-12-19(18)28-2/h3-7,9-12,16H,8,13-15H2,1-2H3,(H,23,26)(H,24,25)/t16-/m0/s1. The molecule has 7 nitrogen and oxygen atoms in total. The normalized spacial score (nSPS) is 11.2. The van der Waals surface area contributed by atoms with Gasteiger partial charge in [0.25, 0.3) is 5.91 Å². The molecule has 0 aliphatic rings. The highest BCUT2D eigenvalue weighted by atomic mass is 16.5. The number of benzene rings is 2. The summed E-state index contributed by atoms with van der Waals surface area (Å²) < 4.78 is 10.1. The lowest BCUT2D eigenvalue weighted by molar-refractivity contribution is -0.148. The lowest BCUT2D eigenvalue weighted by Gasteiger charge is -2.14. The van der Waals surface area contributed by atoms with Crippen LogP contribution in [0, 0.1) is 0 Å². The summed E-state index contributed by atoms with van der Waals surface area (Å²) in [6.45, 7) is 1.51. The quantitative estimate of drug-likeness (QED) is 0.600. The van der Waals surface area contributed by atoms with Crippen LogP contribution < -0.4 is 15.4 Å². The van der Waals surface area contributed by atoms with Gasteiger partial charge in [-0.2, -0.15) is 0 Å². The average Bonchev–Trinajstić information content (AvgIpc) is 2.73. The van der Waals surface area contributed by atoms with Gasteiger partial charge in [0, 0.05) is 12.8 Å². The minimum absolute atomic E-state index is 0.0564. The van der Waals surface area contributed by atoms with E-state index < -0.39 is 5.97 Å².